The Balaban J connectivity index is 1.96. The number of carbonyl (C=O) groups is 4. The third kappa shape index (κ3) is 3.00. The maximum absolute atomic E-state index is 11.7. The number of benzene rings is 1. The average Bonchev–Trinajstić information content (AvgIpc) is 2.71. The summed E-state index contributed by atoms with van der Waals surface area (Å²) in [5.74, 6) is -2.56. The molecule has 0 saturated carbocycles. The second-order valence-electron chi connectivity index (χ2n) is 4.42. The number of amides is 3. The van der Waals surface area contributed by atoms with Gasteiger partial charge in [0.25, 0.3) is 11.8 Å². The van der Waals surface area contributed by atoms with Crippen LogP contribution >= 0.6 is 0 Å². The third-order valence-corrected chi connectivity index (χ3v) is 2.91. The van der Waals surface area contributed by atoms with Gasteiger partial charge in [-0.2, -0.15) is 0 Å². The molecule has 2 rings (SSSR count). The van der Waals surface area contributed by atoms with Gasteiger partial charge in [0.2, 0.25) is 5.91 Å². The predicted molar refractivity (Wildman–Crippen MR) is 69.5 cm³/mol. The van der Waals surface area contributed by atoms with Crippen LogP contribution < -0.4 is 16.2 Å². The van der Waals surface area contributed by atoms with Crippen molar-refractivity contribution in [3.05, 3.63) is 29.8 Å². The van der Waals surface area contributed by atoms with Crippen LogP contribution in [-0.4, -0.2) is 23.5 Å². The molecule has 0 unspecified atom stereocenters. The topological polar surface area (TPSA) is 104 Å². The van der Waals surface area contributed by atoms with E-state index in [1.807, 2.05) is 0 Å². The lowest BCUT2D eigenvalue weighted by Gasteiger charge is -2.07. The van der Waals surface area contributed by atoms with Gasteiger partial charge in [-0.1, -0.05) is 0 Å². The van der Waals surface area contributed by atoms with E-state index in [-0.39, 0.29) is 12.2 Å². The maximum Gasteiger partial charge on any atom is 0.251 e. The molecule has 3 N–H and O–H groups in total. The smallest absolute Gasteiger partial charge is 0.251 e. The minimum Gasteiger partial charge on any atom is -0.326 e. The molecule has 3 amide bonds. The molecule has 1 fully saturated rings. The Morgan fingerprint density at radius 3 is 2.15 bits per heavy atom. The first-order chi connectivity index (χ1) is 9.47. The SMILES string of the molecule is CC(=O)c1ccc(NC(=O)CC2C(=O)NNC2=O)cc1. The lowest BCUT2D eigenvalue weighted by atomic mass is 10.1. The predicted octanol–water partition coefficient (Wildman–Crippen LogP) is -0.00500. The van der Waals surface area contributed by atoms with Gasteiger partial charge < -0.3 is 5.32 Å². The summed E-state index contributed by atoms with van der Waals surface area (Å²) in [6.07, 6.45) is -0.230. The molecule has 7 heteroatoms. The highest BCUT2D eigenvalue weighted by Gasteiger charge is 2.34. The Morgan fingerprint density at radius 1 is 1.10 bits per heavy atom. The molecule has 1 aromatic carbocycles. The molecule has 0 aromatic heterocycles. The van der Waals surface area contributed by atoms with E-state index in [0.29, 0.717) is 11.3 Å². The second kappa shape index (κ2) is 5.52. The van der Waals surface area contributed by atoms with Gasteiger partial charge in [0.15, 0.2) is 5.78 Å². The average molecular weight is 275 g/mol. The highest BCUT2D eigenvalue weighted by Crippen LogP contribution is 2.13. The van der Waals surface area contributed by atoms with Gasteiger partial charge in [-0.05, 0) is 31.2 Å². The maximum atomic E-state index is 11.7. The van der Waals surface area contributed by atoms with Crippen LogP contribution in [0.4, 0.5) is 5.69 Å². The lowest BCUT2D eigenvalue weighted by Crippen LogP contribution is -2.28. The van der Waals surface area contributed by atoms with Gasteiger partial charge in [0.05, 0.1) is 0 Å². The molecular formula is C13H13N3O4. The zero-order chi connectivity index (χ0) is 14.7. The van der Waals surface area contributed by atoms with E-state index >= 15 is 0 Å². The molecule has 7 nitrogen and oxygen atoms in total. The Morgan fingerprint density at radius 2 is 1.65 bits per heavy atom. The summed E-state index contributed by atoms with van der Waals surface area (Å²) in [5.41, 5.74) is 5.34. The molecule has 20 heavy (non-hydrogen) atoms. The summed E-state index contributed by atoms with van der Waals surface area (Å²) in [5, 5.41) is 2.57. The van der Waals surface area contributed by atoms with Gasteiger partial charge in [0.1, 0.15) is 5.92 Å². The number of hydrogen-bond donors (Lipinski definition) is 3. The number of nitrogens with one attached hydrogen (secondary N) is 3. The van der Waals surface area contributed by atoms with E-state index in [4.69, 9.17) is 0 Å². The van der Waals surface area contributed by atoms with Gasteiger partial charge in [0, 0.05) is 17.7 Å². The van der Waals surface area contributed by atoms with E-state index in [1.165, 1.54) is 6.92 Å². The van der Waals surface area contributed by atoms with Crippen molar-refractivity contribution >= 4 is 29.2 Å². The van der Waals surface area contributed by atoms with E-state index in [9.17, 15) is 19.2 Å². The largest absolute Gasteiger partial charge is 0.326 e. The zero-order valence-corrected chi connectivity index (χ0v) is 10.7. The number of anilines is 1. The van der Waals surface area contributed by atoms with Crippen LogP contribution in [-0.2, 0) is 14.4 Å². The van der Waals surface area contributed by atoms with Crippen LogP contribution in [0.3, 0.4) is 0 Å². The molecule has 1 heterocycles. The van der Waals surface area contributed by atoms with E-state index in [0.717, 1.165) is 0 Å². The van der Waals surface area contributed by atoms with Crippen molar-refractivity contribution in [2.75, 3.05) is 5.32 Å². The molecule has 1 aliphatic rings. The summed E-state index contributed by atoms with van der Waals surface area (Å²) >= 11 is 0. The first kappa shape index (κ1) is 13.7. The molecule has 0 radical (unpaired) electrons. The second-order valence-corrected chi connectivity index (χ2v) is 4.42. The van der Waals surface area contributed by atoms with E-state index in [1.54, 1.807) is 24.3 Å². The molecule has 1 aliphatic heterocycles. The minimum absolute atomic E-state index is 0.0674. The van der Waals surface area contributed by atoms with Gasteiger partial charge >= 0.3 is 0 Å². The molecule has 104 valence electrons. The van der Waals surface area contributed by atoms with Crippen LogP contribution in [0.1, 0.15) is 23.7 Å². The molecule has 0 spiro atoms. The highest BCUT2D eigenvalue weighted by atomic mass is 16.2. The van der Waals surface area contributed by atoms with Crippen LogP contribution in [0.5, 0.6) is 0 Å². The molecule has 0 atom stereocenters. The van der Waals surface area contributed by atoms with E-state index < -0.39 is 23.6 Å². The molecule has 1 saturated heterocycles. The summed E-state index contributed by atoms with van der Waals surface area (Å²) in [6.45, 7) is 1.45. The fourth-order valence-corrected chi connectivity index (χ4v) is 1.79. The van der Waals surface area contributed by atoms with Crippen molar-refractivity contribution < 1.29 is 19.2 Å². The number of rotatable bonds is 4. The Labute approximate surface area is 114 Å². The number of carbonyl (C=O) groups excluding carboxylic acids is 4. The summed E-state index contributed by atoms with van der Waals surface area (Å²) in [7, 11) is 0. The molecule has 0 bridgehead atoms. The number of hydrogen-bond acceptors (Lipinski definition) is 4. The first-order valence-electron chi connectivity index (χ1n) is 5.98. The monoisotopic (exact) mass is 275 g/mol. The number of Topliss-reactive ketones (excluding diaryl/α,β-unsaturated/α-hetero) is 1. The molecular weight excluding hydrogens is 262 g/mol. The summed E-state index contributed by atoms with van der Waals surface area (Å²) < 4.78 is 0. The standard InChI is InChI=1S/C13H13N3O4/c1-7(17)8-2-4-9(5-3-8)14-11(18)6-10-12(19)15-16-13(10)20/h2-5,10H,6H2,1H3,(H,14,18)(H,15,19)(H,16,20). The van der Waals surface area contributed by atoms with Crippen LogP contribution in [0.15, 0.2) is 24.3 Å². The van der Waals surface area contributed by atoms with E-state index in [2.05, 4.69) is 16.2 Å². The van der Waals surface area contributed by atoms with Crippen LogP contribution in [0.25, 0.3) is 0 Å². The van der Waals surface area contributed by atoms with Crippen LogP contribution in [0, 0.1) is 5.92 Å². The Bertz CT molecular complexity index is 564. The normalized spacial score (nSPS) is 14.7. The Kier molecular flexibility index (Phi) is 3.79. The Hall–Kier alpha value is -2.70. The fraction of sp³-hybridized carbons (Fsp3) is 0.231. The lowest BCUT2D eigenvalue weighted by molar-refractivity contribution is -0.131. The molecule has 1 aromatic rings. The van der Waals surface area contributed by atoms with Crippen molar-refractivity contribution in [1.29, 1.82) is 0 Å². The zero-order valence-electron chi connectivity index (χ0n) is 10.7. The molecule has 0 aliphatic carbocycles. The third-order valence-electron chi connectivity index (χ3n) is 2.91. The van der Waals surface area contributed by atoms with Crippen LogP contribution in [0.2, 0.25) is 0 Å². The van der Waals surface area contributed by atoms with Gasteiger partial charge in [-0.25, -0.2) is 0 Å². The quantitative estimate of drug-likeness (QED) is 0.531. The highest BCUT2D eigenvalue weighted by molar-refractivity contribution is 6.09. The van der Waals surface area contributed by atoms with Crippen molar-refractivity contribution in [3.63, 3.8) is 0 Å². The van der Waals surface area contributed by atoms with Crippen molar-refractivity contribution in [3.8, 4) is 0 Å². The first-order valence-corrected chi connectivity index (χ1v) is 5.98. The number of hydrazine groups is 1. The summed E-state index contributed by atoms with van der Waals surface area (Å²) in [6, 6.07) is 6.35. The van der Waals surface area contributed by atoms with Crippen molar-refractivity contribution in [2.45, 2.75) is 13.3 Å². The van der Waals surface area contributed by atoms with Crippen molar-refractivity contribution in [2.24, 2.45) is 5.92 Å². The number of ketones is 1. The van der Waals surface area contributed by atoms with Gasteiger partial charge in [-0.15, -0.1) is 0 Å². The summed E-state index contributed by atoms with van der Waals surface area (Å²) in [4.78, 5) is 45.4. The van der Waals surface area contributed by atoms with Gasteiger partial charge in [-0.3, -0.25) is 30.0 Å². The van der Waals surface area contributed by atoms with Crippen molar-refractivity contribution in [1.82, 2.24) is 10.9 Å². The fourth-order valence-electron chi connectivity index (χ4n) is 1.79. The minimum atomic E-state index is -1.01.